The summed E-state index contributed by atoms with van der Waals surface area (Å²) in [4.78, 5) is 22.0. The van der Waals surface area contributed by atoms with Crippen molar-refractivity contribution < 1.29 is 23.0 Å². The van der Waals surface area contributed by atoms with Crippen LogP contribution in [0.2, 0.25) is 5.02 Å². The second kappa shape index (κ2) is 8.88. The van der Waals surface area contributed by atoms with Gasteiger partial charge in [-0.25, -0.2) is 8.78 Å². The van der Waals surface area contributed by atoms with Gasteiger partial charge in [-0.2, -0.15) is 4.89 Å². The lowest BCUT2D eigenvalue weighted by atomic mass is 9.99. The molecule has 2 atom stereocenters. The van der Waals surface area contributed by atoms with E-state index in [-0.39, 0.29) is 6.16 Å². The fourth-order valence-corrected chi connectivity index (χ4v) is 4.55. The first kappa shape index (κ1) is 20.6. The minimum atomic E-state index is -2.56. The van der Waals surface area contributed by atoms with Gasteiger partial charge in [0, 0.05) is 15.9 Å². The van der Waals surface area contributed by atoms with Gasteiger partial charge in [0.15, 0.2) is 17.8 Å². The van der Waals surface area contributed by atoms with Gasteiger partial charge in [0.05, 0.1) is 0 Å². The van der Waals surface area contributed by atoms with Gasteiger partial charge in [-0.15, -0.1) is 11.3 Å². The van der Waals surface area contributed by atoms with Gasteiger partial charge in [0.1, 0.15) is 5.92 Å². The molecule has 3 aromatic rings. The summed E-state index contributed by atoms with van der Waals surface area (Å²) in [6.45, 7) is 0. The molecule has 4 nitrogen and oxygen atoms in total. The number of nitrogens with one attached hydrogen (secondary N) is 1. The molecule has 0 fully saturated rings. The minimum Gasteiger partial charge on any atom is -0.332 e. The molecule has 1 amide bonds. The Bertz CT molecular complexity index is 1090. The predicted molar refractivity (Wildman–Crippen MR) is 108 cm³/mol. The minimum absolute atomic E-state index is 0.251. The van der Waals surface area contributed by atoms with E-state index < -0.39 is 31.5 Å². The van der Waals surface area contributed by atoms with Crippen molar-refractivity contribution in [2.75, 3.05) is 6.16 Å². The maximum atomic E-state index is 13.2. The maximum absolute atomic E-state index is 13.2. The number of carbonyl (C=O) groups excluding carboxylic acids is 1. The lowest BCUT2D eigenvalue weighted by molar-refractivity contribution is -0.121. The molecule has 0 aliphatic carbocycles. The summed E-state index contributed by atoms with van der Waals surface area (Å²) < 4.78 is 38.5. The highest BCUT2D eigenvalue weighted by Gasteiger charge is 2.31. The van der Waals surface area contributed by atoms with Crippen molar-refractivity contribution in [3.8, 4) is 0 Å². The normalized spacial score (nSPS) is 13.1. The molecule has 0 saturated carbocycles. The molecule has 0 aliphatic heterocycles. The molecule has 1 heterocycles. The Morgan fingerprint density at radius 3 is 2.75 bits per heavy atom. The second-order valence-electron chi connectivity index (χ2n) is 5.93. The van der Waals surface area contributed by atoms with E-state index in [0.717, 1.165) is 22.2 Å². The smallest absolute Gasteiger partial charge is 0.332 e. The molecule has 28 heavy (non-hydrogen) atoms. The molecule has 0 radical (unpaired) electrons. The van der Waals surface area contributed by atoms with Gasteiger partial charge in [-0.05, 0) is 62.9 Å². The first-order valence-corrected chi connectivity index (χ1v) is 10.7. The second-order valence-corrected chi connectivity index (χ2v) is 8.35. The van der Waals surface area contributed by atoms with E-state index in [1.54, 1.807) is 17.5 Å². The number of hydrogen-bond acceptors (Lipinski definition) is 3. The summed E-state index contributed by atoms with van der Waals surface area (Å²) in [5.74, 6) is -3.31. The molecule has 3 rings (SSSR count). The molecule has 2 unspecified atom stereocenters. The van der Waals surface area contributed by atoms with Crippen LogP contribution in [0.1, 0.15) is 17.0 Å². The van der Waals surface area contributed by atoms with Crippen LogP contribution in [0.15, 0.2) is 48.0 Å². The first-order chi connectivity index (χ1) is 13.3. The Kier molecular flexibility index (Phi) is 6.52. The predicted octanol–water partition coefficient (Wildman–Crippen LogP) is 5.44. The van der Waals surface area contributed by atoms with Crippen molar-refractivity contribution in [2.45, 2.75) is 5.92 Å². The van der Waals surface area contributed by atoms with Crippen molar-refractivity contribution >= 4 is 53.0 Å². The Morgan fingerprint density at radius 1 is 1.25 bits per heavy atom. The van der Waals surface area contributed by atoms with E-state index in [2.05, 4.69) is 5.32 Å². The molecule has 0 saturated heterocycles. The molecule has 0 aliphatic rings. The molecule has 1 aromatic heterocycles. The van der Waals surface area contributed by atoms with Crippen LogP contribution in [-0.4, -0.2) is 17.0 Å². The van der Waals surface area contributed by atoms with E-state index in [4.69, 9.17) is 11.6 Å². The summed E-state index contributed by atoms with van der Waals surface area (Å²) in [7, 11) is -2.56. The molecule has 9 heteroatoms. The highest BCUT2D eigenvalue weighted by atomic mass is 35.5. The summed E-state index contributed by atoms with van der Waals surface area (Å²) >= 11 is 7.45. The topological polar surface area (TPSA) is 66.4 Å². The van der Waals surface area contributed by atoms with Crippen LogP contribution in [0.25, 0.3) is 16.2 Å². The zero-order chi connectivity index (χ0) is 20.3. The third kappa shape index (κ3) is 4.80. The lowest BCUT2D eigenvalue weighted by Crippen LogP contribution is -2.26. The number of halogens is 3. The number of fused-ring (bicyclic) bond motifs is 1. The van der Waals surface area contributed by atoms with E-state index >= 15 is 0 Å². The van der Waals surface area contributed by atoms with Crippen LogP contribution in [0.3, 0.4) is 0 Å². The van der Waals surface area contributed by atoms with Gasteiger partial charge >= 0.3 is 8.03 Å². The third-order valence-corrected chi connectivity index (χ3v) is 5.94. The van der Waals surface area contributed by atoms with Gasteiger partial charge in [0.25, 0.3) is 0 Å². The molecular formula is C19H14ClF2NO3PS+. The van der Waals surface area contributed by atoms with Gasteiger partial charge in [0.2, 0.25) is 5.91 Å². The quantitative estimate of drug-likeness (QED) is 0.502. The largest absolute Gasteiger partial charge is 0.506 e. The van der Waals surface area contributed by atoms with E-state index in [0.29, 0.717) is 16.1 Å². The fraction of sp³-hybridized carbons (Fsp3) is 0.105. The van der Waals surface area contributed by atoms with E-state index in [1.807, 2.05) is 6.07 Å². The Hall–Kier alpha value is -2.18. The zero-order valence-corrected chi connectivity index (χ0v) is 16.7. The number of thiophene rings is 1. The average Bonchev–Trinajstić information content (AvgIpc) is 3.05. The van der Waals surface area contributed by atoms with Gasteiger partial charge < -0.3 is 5.32 Å². The number of benzene rings is 2. The SMILES string of the molecule is O=C(N/C=C/c1ccc(F)c(F)c1)C(C[P+](=O)O)c1csc2ccc(Cl)cc12. The zero-order valence-electron chi connectivity index (χ0n) is 14.2. The van der Waals surface area contributed by atoms with Crippen LogP contribution >= 0.6 is 31.0 Å². The number of amides is 1. The standard InChI is InChI=1S/C19H13ClF2NO3PS/c20-12-2-4-18-13(8-12)15(10-28-18)14(9-27(25)26)19(24)23-6-5-11-1-3-16(21)17(22)7-11/h1-8,10,14H,9H2,(H-,23,24,25,26)/p+1/b6-5+. The third-order valence-electron chi connectivity index (χ3n) is 4.04. The van der Waals surface area contributed by atoms with Crippen LogP contribution in [0.5, 0.6) is 0 Å². The Morgan fingerprint density at radius 2 is 2.04 bits per heavy atom. The first-order valence-electron chi connectivity index (χ1n) is 8.07. The average molecular weight is 441 g/mol. The summed E-state index contributed by atoms with van der Waals surface area (Å²) in [6, 6.07) is 8.60. The monoisotopic (exact) mass is 440 g/mol. The van der Waals surface area contributed by atoms with Gasteiger partial charge in [-0.3, -0.25) is 4.79 Å². The van der Waals surface area contributed by atoms with Crippen LogP contribution in [0, 0.1) is 11.6 Å². The lowest BCUT2D eigenvalue weighted by Gasteiger charge is -2.10. The highest BCUT2D eigenvalue weighted by molar-refractivity contribution is 7.38. The Balaban J connectivity index is 1.83. The van der Waals surface area contributed by atoms with E-state index in [1.165, 1.54) is 29.7 Å². The highest BCUT2D eigenvalue weighted by Crippen LogP contribution is 2.36. The summed E-state index contributed by atoms with van der Waals surface area (Å²) in [5, 5.41) is 5.55. The maximum Gasteiger partial charge on any atom is 0.506 e. The molecule has 2 N–H and O–H groups in total. The van der Waals surface area contributed by atoms with Crippen molar-refractivity contribution in [3.63, 3.8) is 0 Å². The molecular weight excluding hydrogens is 427 g/mol. The van der Waals surface area contributed by atoms with Crippen LogP contribution in [-0.2, 0) is 9.36 Å². The molecule has 2 aromatic carbocycles. The number of rotatable bonds is 6. The van der Waals surface area contributed by atoms with Crippen molar-refractivity contribution in [3.05, 3.63) is 75.8 Å². The number of carbonyl (C=O) groups is 1. The molecule has 0 spiro atoms. The van der Waals surface area contributed by atoms with Crippen molar-refractivity contribution in [1.29, 1.82) is 0 Å². The molecule has 144 valence electrons. The summed E-state index contributed by atoms with van der Waals surface area (Å²) in [5.41, 5.74) is 0.968. The van der Waals surface area contributed by atoms with Crippen LogP contribution in [0.4, 0.5) is 8.78 Å². The van der Waals surface area contributed by atoms with E-state index in [9.17, 15) is 23.0 Å². The van der Waals surface area contributed by atoms with Crippen molar-refractivity contribution in [1.82, 2.24) is 5.32 Å². The fourth-order valence-electron chi connectivity index (χ4n) is 2.71. The molecule has 0 bridgehead atoms. The summed E-state index contributed by atoms with van der Waals surface area (Å²) in [6.07, 6.45) is 2.44. The van der Waals surface area contributed by atoms with Crippen LogP contribution < -0.4 is 5.32 Å². The number of hydrogen-bond donors (Lipinski definition) is 2. The van der Waals surface area contributed by atoms with Gasteiger partial charge in [-0.1, -0.05) is 17.7 Å². The van der Waals surface area contributed by atoms with Crippen molar-refractivity contribution in [2.24, 2.45) is 0 Å². The Labute approximate surface area is 169 Å².